The van der Waals surface area contributed by atoms with Crippen LogP contribution >= 0.6 is 11.8 Å². The average Bonchev–Trinajstić information content (AvgIpc) is 3.22. The van der Waals surface area contributed by atoms with Gasteiger partial charge >= 0.3 is 0 Å². The van der Waals surface area contributed by atoms with Crippen molar-refractivity contribution in [2.75, 3.05) is 5.75 Å². The maximum atomic E-state index is 13.4. The van der Waals surface area contributed by atoms with Crippen molar-refractivity contribution < 1.29 is 4.79 Å². The SMILES string of the molecule is CC1CCCC(C)N1C(=O)CSc1nnc2n(C3CCCCC3)c(=O)c3ccccc3n12. The second kappa shape index (κ2) is 8.89. The summed E-state index contributed by atoms with van der Waals surface area (Å²) in [7, 11) is 0. The van der Waals surface area contributed by atoms with Gasteiger partial charge in [0.25, 0.3) is 5.56 Å². The highest BCUT2D eigenvalue weighted by Crippen LogP contribution is 2.31. The number of para-hydroxylation sites is 1. The molecule has 2 fully saturated rings. The average molecular weight is 454 g/mol. The van der Waals surface area contributed by atoms with E-state index < -0.39 is 0 Å². The van der Waals surface area contributed by atoms with Crippen LogP contribution in [0.3, 0.4) is 0 Å². The molecule has 0 radical (unpaired) electrons. The zero-order valence-electron chi connectivity index (χ0n) is 18.9. The van der Waals surface area contributed by atoms with Crippen molar-refractivity contribution in [3.63, 3.8) is 0 Å². The molecular weight excluding hydrogens is 422 g/mol. The minimum atomic E-state index is 0.0102. The number of hydrogen-bond donors (Lipinski definition) is 0. The number of piperidine rings is 1. The van der Waals surface area contributed by atoms with Crippen LogP contribution in [0.25, 0.3) is 16.7 Å². The van der Waals surface area contributed by atoms with Crippen molar-refractivity contribution >= 4 is 34.3 Å². The summed E-state index contributed by atoms with van der Waals surface area (Å²) in [6, 6.07) is 8.37. The van der Waals surface area contributed by atoms with Gasteiger partial charge in [0.1, 0.15) is 0 Å². The molecule has 2 aliphatic rings. The van der Waals surface area contributed by atoms with Gasteiger partial charge in [-0.25, -0.2) is 0 Å². The first-order valence-electron chi connectivity index (χ1n) is 11.9. The van der Waals surface area contributed by atoms with Crippen molar-refractivity contribution in [2.45, 2.75) is 88.5 Å². The zero-order valence-corrected chi connectivity index (χ0v) is 19.7. The summed E-state index contributed by atoms with van der Waals surface area (Å²) in [5, 5.41) is 10.2. The molecule has 32 heavy (non-hydrogen) atoms. The van der Waals surface area contributed by atoms with Gasteiger partial charge in [0.2, 0.25) is 11.7 Å². The third-order valence-electron chi connectivity index (χ3n) is 7.17. The predicted octanol–water partition coefficient (Wildman–Crippen LogP) is 4.43. The van der Waals surface area contributed by atoms with E-state index in [1.807, 2.05) is 38.1 Å². The molecule has 2 unspecified atom stereocenters. The van der Waals surface area contributed by atoms with E-state index in [-0.39, 0.29) is 29.6 Å². The minimum absolute atomic E-state index is 0.0102. The van der Waals surface area contributed by atoms with Gasteiger partial charge in [0.15, 0.2) is 5.16 Å². The lowest BCUT2D eigenvalue weighted by molar-refractivity contribution is -0.134. The first-order chi connectivity index (χ1) is 15.6. The predicted molar refractivity (Wildman–Crippen MR) is 127 cm³/mol. The molecule has 5 rings (SSSR count). The van der Waals surface area contributed by atoms with Crippen molar-refractivity contribution in [1.82, 2.24) is 24.1 Å². The molecule has 1 amide bonds. The maximum Gasteiger partial charge on any atom is 0.263 e. The summed E-state index contributed by atoms with van der Waals surface area (Å²) in [5.41, 5.74) is 0.815. The van der Waals surface area contributed by atoms with E-state index in [9.17, 15) is 9.59 Å². The van der Waals surface area contributed by atoms with Gasteiger partial charge in [-0.1, -0.05) is 43.2 Å². The molecule has 1 saturated carbocycles. The van der Waals surface area contributed by atoms with E-state index in [1.165, 1.54) is 24.6 Å². The molecule has 1 aromatic carbocycles. The van der Waals surface area contributed by atoms with E-state index in [4.69, 9.17) is 0 Å². The number of aromatic nitrogens is 4. The van der Waals surface area contributed by atoms with Crippen LogP contribution in [0.15, 0.2) is 34.2 Å². The fourth-order valence-corrected chi connectivity index (χ4v) is 6.38. The number of hydrogen-bond acceptors (Lipinski definition) is 5. The molecule has 1 aliphatic carbocycles. The summed E-state index contributed by atoms with van der Waals surface area (Å²) >= 11 is 1.42. The largest absolute Gasteiger partial charge is 0.337 e. The fourth-order valence-electron chi connectivity index (χ4n) is 5.57. The number of rotatable bonds is 4. The Hall–Kier alpha value is -2.35. The number of benzene rings is 1. The van der Waals surface area contributed by atoms with Crippen LogP contribution in [0, 0.1) is 0 Å². The van der Waals surface area contributed by atoms with E-state index >= 15 is 0 Å². The molecule has 2 aromatic heterocycles. The molecule has 0 N–H and O–H groups in total. The number of carbonyl (C=O) groups is 1. The highest BCUT2D eigenvalue weighted by atomic mass is 32.2. The standard InChI is InChI=1S/C24H31N5O2S/c1-16-9-8-10-17(2)27(16)21(30)15-32-24-26-25-23-28(18-11-4-3-5-12-18)22(31)19-13-6-7-14-20(19)29(23)24/h6-7,13-14,16-18H,3-5,8-12,15H2,1-2H3. The van der Waals surface area contributed by atoms with Crippen LogP contribution in [-0.2, 0) is 4.79 Å². The Morgan fingerprint density at radius 2 is 1.72 bits per heavy atom. The smallest absolute Gasteiger partial charge is 0.263 e. The van der Waals surface area contributed by atoms with Crippen LogP contribution in [0.4, 0.5) is 0 Å². The summed E-state index contributed by atoms with van der Waals surface area (Å²) in [4.78, 5) is 28.5. The monoisotopic (exact) mass is 453 g/mol. The Balaban J connectivity index is 1.53. The minimum Gasteiger partial charge on any atom is -0.337 e. The molecule has 2 atom stereocenters. The quantitative estimate of drug-likeness (QED) is 0.547. The normalized spacial score (nSPS) is 22.6. The first-order valence-corrected chi connectivity index (χ1v) is 12.9. The number of nitrogens with zero attached hydrogens (tertiary/aromatic N) is 5. The van der Waals surface area contributed by atoms with Crippen molar-refractivity contribution in [3.8, 4) is 0 Å². The number of fused-ring (bicyclic) bond motifs is 3. The highest BCUT2D eigenvalue weighted by molar-refractivity contribution is 7.99. The first kappa shape index (κ1) is 21.5. The van der Waals surface area contributed by atoms with Gasteiger partial charge in [0, 0.05) is 18.1 Å². The molecule has 7 nitrogen and oxygen atoms in total. The Morgan fingerprint density at radius 1 is 1.00 bits per heavy atom. The Morgan fingerprint density at radius 3 is 2.47 bits per heavy atom. The lowest BCUT2D eigenvalue weighted by atomic mass is 9.95. The number of amides is 1. The van der Waals surface area contributed by atoms with Crippen molar-refractivity contribution in [1.29, 1.82) is 0 Å². The van der Waals surface area contributed by atoms with Crippen molar-refractivity contribution in [3.05, 3.63) is 34.6 Å². The van der Waals surface area contributed by atoms with Crippen LogP contribution < -0.4 is 5.56 Å². The molecule has 170 valence electrons. The summed E-state index contributed by atoms with van der Waals surface area (Å²) in [5.74, 6) is 1.07. The third-order valence-corrected chi connectivity index (χ3v) is 8.09. The molecule has 8 heteroatoms. The Bertz CT molecular complexity index is 1190. The summed E-state index contributed by atoms with van der Waals surface area (Å²) in [6.45, 7) is 4.28. The fraction of sp³-hybridized carbons (Fsp3) is 0.583. The van der Waals surface area contributed by atoms with E-state index in [2.05, 4.69) is 24.0 Å². The molecule has 0 spiro atoms. The Labute approximate surface area is 192 Å². The van der Waals surface area contributed by atoms with Crippen LogP contribution in [0.5, 0.6) is 0 Å². The molecule has 3 heterocycles. The molecule has 1 aliphatic heterocycles. The van der Waals surface area contributed by atoms with E-state index in [1.54, 1.807) is 0 Å². The summed E-state index contributed by atoms with van der Waals surface area (Å²) in [6.07, 6.45) is 8.77. The van der Waals surface area contributed by atoms with E-state index in [0.717, 1.165) is 44.0 Å². The second-order valence-electron chi connectivity index (χ2n) is 9.32. The van der Waals surface area contributed by atoms with Gasteiger partial charge in [-0.3, -0.25) is 18.6 Å². The Kier molecular flexibility index (Phi) is 5.97. The maximum absolute atomic E-state index is 13.4. The summed E-state index contributed by atoms with van der Waals surface area (Å²) < 4.78 is 3.83. The van der Waals surface area contributed by atoms with Crippen LogP contribution in [0.1, 0.15) is 71.3 Å². The number of likely N-dealkylation sites (tertiary alicyclic amines) is 1. The third kappa shape index (κ3) is 3.72. The molecular formula is C24H31N5O2S. The van der Waals surface area contributed by atoms with Gasteiger partial charge < -0.3 is 4.90 Å². The van der Waals surface area contributed by atoms with Crippen LogP contribution in [-0.4, -0.2) is 47.8 Å². The van der Waals surface area contributed by atoms with Gasteiger partial charge in [0.05, 0.1) is 16.7 Å². The topological polar surface area (TPSA) is 72.5 Å². The molecule has 0 bridgehead atoms. The van der Waals surface area contributed by atoms with Crippen molar-refractivity contribution in [2.24, 2.45) is 0 Å². The van der Waals surface area contributed by atoms with Gasteiger partial charge in [-0.15, -0.1) is 10.2 Å². The highest BCUT2D eigenvalue weighted by Gasteiger charge is 2.29. The van der Waals surface area contributed by atoms with Crippen LogP contribution in [0.2, 0.25) is 0 Å². The zero-order chi connectivity index (χ0) is 22.2. The van der Waals surface area contributed by atoms with Gasteiger partial charge in [-0.05, 0) is 58.1 Å². The molecule has 1 saturated heterocycles. The lowest BCUT2D eigenvalue weighted by Gasteiger charge is -2.39. The lowest BCUT2D eigenvalue weighted by Crippen LogP contribution is -2.48. The number of carbonyl (C=O) groups excluding carboxylic acids is 1. The van der Waals surface area contributed by atoms with E-state index in [0.29, 0.717) is 22.1 Å². The second-order valence-corrected chi connectivity index (χ2v) is 10.3. The molecule has 3 aromatic rings. The number of thioether (sulfide) groups is 1. The van der Waals surface area contributed by atoms with Gasteiger partial charge in [-0.2, -0.15) is 0 Å².